The topological polar surface area (TPSA) is 81.7 Å². The normalized spacial score (nSPS) is 12.6. The van der Waals surface area contributed by atoms with Gasteiger partial charge in [0.1, 0.15) is 6.04 Å². The molecule has 16 heavy (non-hydrogen) atoms. The van der Waals surface area contributed by atoms with Gasteiger partial charge in [-0.2, -0.15) is 5.10 Å². The molecule has 6 nitrogen and oxygen atoms in total. The number of hydrogen-bond donors (Lipinski definition) is 2. The van der Waals surface area contributed by atoms with E-state index in [4.69, 9.17) is 5.84 Å². The second-order valence-corrected chi connectivity index (χ2v) is 3.34. The van der Waals surface area contributed by atoms with Crippen LogP contribution in [0.5, 0.6) is 0 Å². The van der Waals surface area contributed by atoms with Gasteiger partial charge in [0.05, 0.1) is 6.20 Å². The summed E-state index contributed by atoms with van der Waals surface area (Å²) in [6, 6.07) is 1.55. The first-order chi connectivity index (χ1) is 7.85. The molecular formula is C10H14N6. The molecule has 2 aromatic heterocycles. The van der Waals surface area contributed by atoms with E-state index in [-0.39, 0.29) is 6.04 Å². The quantitative estimate of drug-likeness (QED) is 0.567. The van der Waals surface area contributed by atoms with Crippen LogP contribution in [0.25, 0.3) is 0 Å². The maximum absolute atomic E-state index is 5.52. The molecule has 0 aromatic carbocycles. The van der Waals surface area contributed by atoms with Gasteiger partial charge in [-0.15, -0.1) is 0 Å². The van der Waals surface area contributed by atoms with Crippen molar-refractivity contribution >= 4 is 0 Å². The van der Waals surface area contributed by atoms with E-state index in [9.17, 15) is 0 Å². The molecule has 1 atom stereocenters. The molecule has 0 fully saturated rings. The van der Waals surface area contributed by atoms with Gasteiger partial charge in [0.15, 0.2) is 5.82 Å². The maximum atomic E-state index is 5.52. The number of rotatable bonds is 4. The number of hydrazine groups is 1. The van der Waals surface area contributed by atoms with Crippen LogP contribution in [-0.4, -0.2) is 19.7 Å². The fourth-order valence-corrected chi connectivity index (χ4v) is 1.48. The minimum Gasteiger partial charge on any atom is -0.273 e. The van der Waals surface area contributed by atoms with Crippen LogP contribution in [0.4, 0.5) is 0 Å². The molecule has 0 bridgehead atoms. The number of nitrogens with zero attached hydrogens (tertiary/aromatic N) is 4. The van der Waals surface area contributed by atoms with Crippen LogP contribution in [0.1, 0.15) is 24.4 Å². The first-order valence-corrected chi connectivity index (χ1v) is 5.10. The summed E-state index contributed by atoms with van der Waals surface area (Å²) < 4.78 is 1.84. The number of aromatic nitrogens is 4. The van der Waals surface area contributed by atoms with Crippen molar-refractivity contribution in [2.45, 2.75) is 19.5 Å². The fraction of sp³-hybridized carbons (Fsp3) is 0.300. The SMILES string of the molecule is CCn1cc(C(NN)c2ncccn2)cn1. The van der Waals surface area contributed by atoms with E-state index in [2.05, 4.69) is 20.5 Å². The Morgan fingerprint density at radius 2 is 2.19 bits per heavy atom. The lowest BCUT2D eigenvalue weighted by Gasteiger charge is -2.11. The van der Waals surface area contributed by atoms with Gasteiger partial charge in [-0.05, 0) is 13.0 Å². The smallest absolute Gasteiger partial charge is 0.151 e. The predicted octanol–water partition coefficient (Wildman–Crippen LogP) is 0.246. The van der Waals surface area contributed by atoms with Gasteiger partial charge in [-0.1, -0.05) is 0 Å². The molecule has 2 aromatic rings. The molecule has 0 saturated heterocycles. The van der Waals surface area contributed by atoms with Crippen molar-refractivity contribution < 1.29 is 0 Å². The van der Waals surface area contributed by atoms with Gasteiger partial charge in [0.2, 0.25) is 0 Å². The lowest BCUT2D eigenvalue weighted by molar-refractivity contribution is 0.598. The van der Waals surface area contributed by atoms with E-state index in [0.717, 1.165) is 12.1 Å². The molecule has 6 heteroatoms. The Morgan fingerprint density at radius 3 is 2.75 bits per heavy atom. The van der Waals surface area contributed by atoms with Crippen molar-refractivity contribution in [2.24, 2.45) is 5.84 Å². The summed E-state index contributed by atoms with van der Waals surface area (Å²) in [4.78, 5) is 8.34. The lowest BCUT2D eigenvalue weighted by atomic mass is 10.1. The van der Waals surface area contributed by atoms with Gasteiger partial charge in [-0.25, -0.2) is 15.4 Å². The van der Waals surface area contributed by atoms with Crippen molar-refractivity contribution in [1.82, 2.24) is 25.2 Å². The highest BCUT2D eigenvalue weighted by Gasteiger charge is 2.16. The first kappa shape index (κ1) is 10.7. The highest BCUT2D eigenvalue weighted by Crippen LogP contribution is 2.16. The largest absolute Gasteiger partial charge is 0.273 e. The average molecular weight is 218 g/mol. The average Bonchev–Trinajstić information content (AvgIpc) is 2.80. The Balaban J connectivity index is 2.29. The summed E-state index contributed by atoms with van der Waals surface area (Å²) in [5.41, 5.74) is 3.65. The molecule has 2 heterocycles. The molecule has 84 valence electrons. The maximum Gasteiger partial charge on any atom is 0.151 e. The molecule has 0 amide bonds. The van der Waals surface area contributed by atoms with Gasteiger partial charge in [-0.3, -0.25) is 10.5 Å². The molecule has 1 unspecified atom stereocenters. The number of nitrogens with one attached hydrogen (secondary N) is 1. The second kappa shape index (κ2) is 4.82. The summed E-state index contributed by atoms with van der Waals surface area (Å²) in [6.45, 7) is 2.85. The Morgan fingerprint density at radius 1 is 1.44 bits per heavy atom. The summed E-state index contributed by atoms with van der Waals surface area (Å²) in [7, 11) is 0. The third kappa shape index (κ3) is 2.07. The van der Waals surface area contributed by atoms with Crippen molar-refractivity contribution in [3.8, 4) is 0 Å². The standard InChI is InChI=1S/C10H14N6/c1-2-16-7-8(6-14-16)9(15-11)10-12-4-3-5-13-10/h3-7,9,15H,2,11H2,1H3. The summed E-state index contributed by atoms with van der Waals surface area (Å²) in [5.74, 6) is 6.16. The zero-order valence-corrected chi connectivity index (χ0v) is 9.04. The van der Waals surface area contributed by atoms with Crippen molar-refractivity contribution in [2.75, 3.05) is 0 Å². The molecular weight excluding hydrogens is 204 g/mol. The van der Waals surface area contributed by atoms with Gasteiger partial charge in [0, 0.05) is 30.7 Å². The van der Waals surface area contributed by atoms with Crippen LogP contribution < -0.4 is 11.3 Å². The highest BCUT2D eigenvalue weighted by atomic mass is 15.3. The van der Waals surface area contributed by atoms with Crippen LogP contribution in [0, 0.1) is 0 Å². The Labute approximate surface area is 93.5 Å². The molecule has 0 aliphatic rings. The van der Waals surface area contributed by atoms with Crippen molar-refractivity contribution in [3.63, 3.8) is 0 Å². The van der Waals surface area contributed by atoms with Crippen LogP contribution in [0.3, 0.4) is 0 Å². The number of hydrogen-bond acceptors (Lipinski definition) is 5. The second-order valence-electron chi connectivity index (χ2n) is 3.34. The lowest BCUT2D eigenvalue weighted by Crippen LogP contribution is -2.30. The van der Waals surface area contributed by atoms with E-state index < -0.39 is 0 Å². The summed E-state index contributed by atoms with van der Waals surface area (Å²) in [6.07, 6.45) is 7.08. The van der Waals surface area contributed by atoms with Crippen LogP contribution in [0.15, 0.2) is 30.9 Å². The van der Waals surface area contributed by atoms with Crippen LogP contribution in [-0.2, 0) is 6.54 Å². The van der Waals surface area contributed by atoms with E-state index in [0.29, 0.717) is 5.82 Å². The van der Waals surface area contributed by atoms with E-state index in [1.54, 1.807) is 24.7 Å². The Hall–Kier alpha value is -1.79. The third-order valence-corrected chi connectivity index (χ3v) is 2.32. The minimum atomic E-state index is -0.221. The van der Waals surface area contributed by atoms with Crippen LogP contribution >= 0.6 is 0 Å². The summed E-state index contributed by atoms with van der Waals surface area (Å²) >= 11 is 0. The minimum absolute atomic E-state index is 0.221. The summed E-state index contributed by atoms with van der Waals surface area (Å²) in [5, 5.41) is 4.19. The fourth-order valence-electron chi connectivity index (χ4n) is 1.48. The van der Waals surface area contributed by atoms with Gasteiger partial charge < -0.3 is 0 Å². The zero-order chi connectivity index (χ0) is 11.4. The predicted molar refractivity (Wildman–Crippen MR) is 59.1 cm³/mol. The highest BCUT2D eigenvalue weighted by molar-refractivity contribution is 5.18. The van der Waals surface area contributed by atoms with Gasteiger partial charge in [0.25, 0.3) is 0 Å². The van der Waals surface area contributed by atoms with Crippen molar-refractivity contribution in [3.05, 3.63) is 42.2 Å². The number of nitrogens with two attached hydrogens (primary N) is 1. The van der Waals surface area contributed by atoms with E-state index in [1.165, 1.54) is 0 Å². The Kier molecular flexibility index (Phi) is 3.23. The third-order valence-electron chi connectivity index (χ3n) is 2.32. The molecule has 0 spiro atoms. The van der Waals surface area contributed by atoms with Gasteiger partial charge >= 0.3 is 0 Å². The molecule has 3 N–H and O–H groups in total. The molecule has 0 aliphatic heterocycles. The van der Waals surface area contributed by atoms with Crippen LogP contribution in [0.2, 0.25) is 0 Å². The zero-order valence-electron chi connectivity index (χ0n) is 9.04. The number of aryl methyl sites for hydroxylation is 1. The molecule has 2 rings (SSSR count). The Bertz CT molecular complexity index is 438. The molecule has 0 saturated carbocycles. The monoisotopic (exact) mass is 218 g/mol. The molecule has 0 radical (unpaired) electrons. The van der Waals surface area contributed by atoms with E-state index in [1.807, 2.05) is 17.8 Å². The first-order valence-electron chi connectivity index (χ1n) is 5.10. The van der Waals surface area contributed by atoms with Crippen molar-refractivity contribution in [1.29, 1.82) is 0 Å². The molecule has 0 aliphatic carbocycles. The van der Waals surface area contributed by atoms with E-state index >= 15 is 0 Å².